The van der Waals surface area contributed by atoms with Crippen LogP contribution in [0.15, 0.2) is 12.1 Å². The van der Waals surface area contributed by atoms with Crippen LogP contribution in [0.3, 0.4) is 0 Å². The Bertz CT molecular complexity index is 435. The molecule has 1 atom stereocenters. The van der Waals surface area contributed by atoms with Crippen molar-refractivity contribution in [2.45, 2.75) is 57.9 Å². The van der Waals surface area contributed by atoms with Crippen LogP contribution in [0.1, 0.15) is 56.6 Å². The Morgan fingerprint density at radius 3 is 2.68 bits per heavy atom. The van der Waals surface area contributed by atoms with Crippen LogP contribution in [0, 0.1) is 18.6 Å². The van der Waals surface area contributed by atoms with Gasteiger partial charge in [-0.3, -0.25) is 0 Å². The largest absolute Gasteiger partial charge is 0.307 e. The summed E-state index contributed by atoms with van der Waals surface area (Å²) in [6.07, 6.45) is 6.05. The van der Waals surface area contributed by atoms with Crippen LogP contribution in [0.25, 0.3) is 0 Å². The van der Waals surface area contributed by atoms with Gasteiger partial charge in [-0.1, -0.05) is 38.3 Å². The van der Waals surface area contributed by atoms with Crippen LogP contribution in [0.4, 0.5) is 8.78 Å². The Labute approximate surface area is 114 Å². The van der Waals surface area contributed by atoms with Crippen LogP contribution in [-0.2, 0) is 5.54 Å². The molecule has 106 valence electrons. The van der Waals surface area contributed by atoms with E-state index >= 15 is 0 Å². The normalized spacial score (nSPS) is 24.2. The molecule has 19 heavy (non-hydrogen) atoms. The van der Waals surface area contributed by atoms with Gasteiger partial charge in [0.1, 0.15) is 0 Å². The molecular formula is C16H23F2N. The third kappa shape index (κ3) is 2.81. The van der Waals surface area contributed by atoms with Crippen molar-refractivity contribution in [1.29, 1.82) is 0 Å². The van der Waals surface area contributed by atoms with Crippen molar-refractivity contribution in [3.05, 3.63) is 34.9 Å². The lowest BCUT2D eigenvalue weighted by Crippen LogP contribution is -2.42. The van der Waals surface area contributed by atoms with E-state index in [0.29, 0.717) is 11.1 Å². The molecule has 1 unspecified atom stereocenters. The van der Waals surface area contributed by atoms with Crippen molar-refractivity contribution in [2.75, 3.05) is 6.54 Å². The Morgan fingerprint density at radius 2 is 1.95 bits per heavy atom. The highest BCUT2D eigenvalue weighted by molar-refractivity contribution is 5.31. The second kappa shape index (κ2) is 6.00. The van der Waals surface area contributed by atoms with Gasteiger partial charge in [-0.2, -0.15) is 0 Å². The van der Waals surface area contributed by atoms with Gasteiger partial charge in [-0.05, 0) is 38.3 Å². The summed E-state index contributed by atoms with van der Waals surface area (Å²) in [5, 5.41) is 3.49. The second-order valence-electron chi connectivity index (χ2n) is 5.63. The van der Waals surface area contributed by atoms with E-state index in [9.17, 15) is 8.78 Å². The summed E-state index contributed by atoms with van der Waals surface area (Å²) >= 11 is 0. The molecule has 1 fully saturated rings. The van der Waals surface area contributed by atoms with Crippen molar-refractivity contribution in [1.82, 2.24) is 5.32 Å². The molecule has 1 aliphatic heterocycles. The summed E-state index contributed by atoms with van der Waals surface area (Å²) in [5.41, 5.74) is 0.505. The predicted octanol–water partition coefficient (Wildman–Crippen LogP) is 4.43. The Balaban J connectivity index is 2.46. The maximum Gasteiger partial charge on any atom is 0.164 e. The third-order valence-corrected chi connectivity index (χ3v) is 4.21. The molecule has 1 aromatic carbocycles. The minimum Gasteiger partial charge on any atom is -0.307 e. The van der Waals surface area contributed by atoms with Crippen LogP contribution in [0.5, 0.6) is 0 Å². The van der Waals surface area contributed by atoms with Gasteiger partial charge in [0.25, 0.3) is 0 Å². The van der Waals surface area contributed by atoms with E-state index in [1.807, 2.05) is 0 Å². The first-order valence-electron chi connectivity index (χ1n) is 7.31. The molecule has 1 nitrogen and oxygen atoms in total. The van der Waals surface area contributed by atoms with E-state index in [2.05, 4.69) is 12.2 Å². The number of halogens is 2. The fourth-order valence-corrected chi connectivity index (χ4v) is 3.16. The Hall–Kier alpha value is -0.960. The molecule has 2 rings (SSSR count). The average molecular weight is 267 g/mol. The topological polar surface area (TPSA) is 12.0 Å². The smallest absolute Gasteiger partial charge is 0.164 e. The SMILES string of the molecule is CCCC1(c2ccc(C)c(F)c2F)CCCCCN1. The molecule has 0 amide bonds. The number of hydrogen-bond acceptors (Lipinski definition) is 1. The molecule has 1 N–H and O–H groups in total. The Morgan fingerprint density at radius 1 is 1.16 bits per heavy atom. The first-order valence-corrected chi connectivity index (χ1v) is 7.31. The number of benzene rings is 1. The van der Waals surface area contributed by atoms with Crippen molar-refractivity contribution in [2.24, 2.45) is 0 Å². The molecule has 3 heteroatoms. The highest BCUT2D eigenvalue weighted by Gasteiger charge is 2.35. The van der Waals surface area contributed by atoms with Crippen LogP contribution < -0.4 is 5.32 Å². The van der Waals surface area contributed by atoms with E-state index in [0.717, 1.165) is 45.1 Å². The average Bonchev–Trinajstić information content (AvgIpc) is 2.63. The molecule has 0 aromatic heterocycles. The molecule has 1 aliphatic rings. The number of hydrogen-bond donors (Lipinski definition) is 1. The van der Waals surface area contributed by atoms with Crippen molar-refractivity contribution in [3.63, 3.8) is 0 Å². The molecular weight excluding hydrogens is 244 g/mol. The van der Waals surface area contributed by atoms with Gasteiger partial charge >= 0.3 is 0 Å². The zero-order chi connectivity index (χ0) is 13.9. The van der Waals surface area contributed by atoms with E-state index in [-0.39, 0.29) is 5.54 Å². The maximum absolute atomic E-state index is 14.3. The lowest BCUT2D eigenvalue weighted by Gasteiger charge is -2.35. The molecule has 0 spiro atoms. The van der Waals surface area contributed by atoms with Gasteiger partial charge in [0.2, 0.25) is 0 Å². The molecule has 0 aliphatic carbocycles. The lowest BCUT2D eigenvalue weighted by atomic mass is 9.81. The summed E-state index contributed by atoms with van der Waals surface area (Å²) in [4.78, 5) is 0. The first kappa shape index (κ1) is 14.4. The number of aryl methyl sites for hydroxylation is 1. The number of rotatable bonds is 3. The highest BCUT2D eigenvalue weighted by atomic mass is 19.2. The van der Waals surface area contributed by atoms with E-state index in [1.54, 1.807) is 19.1 Å². The minimum atomic E-state index is -0.695. The van der Waals surface area contributed by atoms with E-state index in [1.165, 1.54) is 0 Å². The lowest BCUT2D eigenvalue weighted by molar-refractivity contribution is 0.282. The van der Waals surface area contributed by atoms with Gasteiger partial charge in [-0.15, -0.1) is 0 Å². The van der Waals surface area contributed by atoms with Crippen LogP contribution >= 0.6 is 0 Å². The molecule has 1 aromatic rings. The van der Waals surface area contributed by atoms with Crippen LogP contribution in [-0.4, -0.2) is 6.54 Å². The van der Waals surface area contributed by atoms with Gasteiger partial charge in [-0.25, -0.2) is 8.78 Å². The van der Waals surface area contributed by atoms with Crippen LogP contribution in [0.2, 0.25) is 0 Å². The predicted molar refractivity (Wildman–Crippen MR) is 74.2 cm³/mol. The summed E-state index contributed by atoms with van der Waals surface area (Å²) < 4.78 is 28.2. The quantitative estimate of drug-likeness (QED) is 0.854. The van der Waals surface area contributed by atoms with Gasteiger partial charge in [0.05, 0.1) is 0 Å². The standard InChI is InChI=1S/C16H23F2N/c1-3-9-16(10-5-4-6-11-19-16)13-8-7-12(2)14(17)15(13)18/h7-8,19H,3-6,9-11H2,1-2H3. The van der Waals surface area contributed by atoms with E-state index in [4.69, 9.17) is 0 Å². The molecule has 0 bridgehead atoms. The van der Waals surface area contributed by atoms with Gasteiger partial charge in [0, 0.05) is 11.1 Å². The third-order valence-electron chi connectivity index (χ3n) is 4.21. The first-order chi connectivity index (χ1) is 9.10. The monoisotopic (exact) mass is 267 g/mol. The fourth-order valence-electron chi connectivity index (χ4n) is 3.16. The second-order valence-corrected chi connectivity index (χ2v) is 5.63. The minimum absolute atomic E-state index is 0.376. The van der Waals surface area contributed by atoms with Crippen molar-refractivity contribution in [3.8, 4) is 0 Å². The zero-order valence-corrected chi connectivity index (χ0v) is 11.9. The zero-order valence-electron chi connectivity index (χ0n) is 11.9. The summed E-state index contributed by atoms with van der Waals surface area (Å²) in [7, 11) is 0. The highest BCUT2D eigenvalue weighted by Crippen LogP contribution is 2.36. The molecule has 1 heterocycles. The summed E-state index contributed by atoms with van der Waals surface area (Å²) in [6.45, 7) is 4.58. The molecule has 0 saturated carbocycles. The van der Waals surface area contributed by atoms with Gasteiger partial charge in [0.15, 0.2) is 11.6 Å². The number of nitrogens with one attached hydrogen (secondary N) is 1. The molecule has 1 saturated heterocycles. The Kier molecular flexibility index (Phi) is 4.56. The summed E-state index contributed by atoms with van der Waals surface area (Å²) in [5.74, 6) is -1.36. The van der Waals surface area contributed by atoms with E-state index < -0.39 is 11.6 Å². The van der Waals surface area contributed by atoms with Gasteiger partial charge < -0.3 is 5.32 Å². The van der Waals surface area contributed by atoms with Crippen molar-refractivity contribution < 1.29 is 8.78 Å². The fraction of sp³-hybridized carbons (Fsp3) is 0.625. The summed E-state index contributed by atoms with van der Waals surface area (Å²) in [6, 6.07) is 3.46. The van der Waals surface area contributed by atoms with Crippen molar-refractivity contribution >= 4 is 0 Å². The maximum atomic E-state index is 14.3. The molecule has 0 radical (unpaired) electrons.